The van der Waals surface area contributed by atoms with E-state index in [0.717, 1.165) is 31.9 Å². The first kappa shape index (κ1) is 15.0. The summed E-state index contributed by atoms with van der Waals surface area (Å²) in [4.78, 5) is 14.3. The molecular formula is C16H23NO3. The Morgan fingerprint density at radius 1 is 1.25 bits per heavy atom. The highest BCUT2D eigenvalue weighted by Crippen LogP contribution is 2.21. The molecule has 1 heterocycles. The fraction of sp³-hybridized carbons (Fsp3) is 0.562. The Kier molecular flexibility index (Phi) is 5.15. The van der Waals surface area contributed by atoms with Crippen LogP contribution in [0.2, 0.25) is 0 Å². The predicted molar refractivity (Wildman–Crippen MR) is 77.3 cm³/mol. The van der Waals surface area contributed by atoms with Crippen molar-refractivity contribution in [2.75, 3.05) is 26.3 Å². The molecule has 0 aliphatic carbocycles. The minimum atomic E-state index is -0.183. The summed E-state index contributed by atoms with van der Waals surface area (Å²) in [6.45, 7) is 7.74. The summed E-state index contributed by atoms with van der Waals surface area (Å²) >= 11 is 0. The summed E-state index contributed by atoms with van der Waals surface area (Å²) in [7, 11) is 0. The standard InChI is InChI=1S/C16H23NO3/c1-16(2,17-8-10-19-11-9-17)12-15(18)20-13-14-6-4-3-5-7-14/h3-7H,8-13H2,1-2H3. The van der Waals surface area contributed by atoms with Gasteiger partial charge < -0.3 is 9.47 Å². The van der Waals surface area contributed by atoms with Gasteiger partial charge in [-0.25, -0.2) is 0 Å². The van der Waals surface area contributed by atoms with E-state index < -0.39 is 0 Å². The number of carbonyl (C=O) groups is 1. The molecule has 20 heavy (non-hydrogen) atoms. The van der Waals surface area contributed by atoms with E-state index in [1.54, 1.807) is 0 Å². The van der Waals surface area contributed by atoms with Crippen LogP contribution in [0.25, 0.3) is 0 Å². The average molecular weight is 277 g/mol. The molecule has 1 fully saturated rings. The van der Waals surface area contributed by atoms with Crippen LogP contribution in [0.15, 0.2) is 30.3 Å². The van der Waals surface area contributed by atoms with Crippen molar-refractivity contribution >= 4 is 5.97 Å². The number of ether oxygens (including phenoxy) is 2. The molecule has 0 radical (unpaired) electrons. The first-order valence-corrected chi connectivity index (χ1v) is 7.10. The number of hydrogen-bond acceptors (Lipinski definition) is 4. The first-order valence-electron chi connectivity index (χ1n) is 7.10. The van der Waals surface area contributed by atoms with Crippen molar-refractivity contribution in [3.63, 3.8) is 0 Å². The van der Waals surface area contributed by atoms with Gasteiger partial charge in [-0.3, -0.25) is 9.69 Å². The maximum atomic E-state index is 12.0. The normalized spacial score (nSPS) is 16.9. The molecular weight excluding hydrogens is 254 g/mol. The Labute approximate surface area is 120 Å². The van der Waals surface area contributed by atoms with E-state index >= 15 is 0 Å². The van der Waals surface area contributed by atoms with Gasteiger partial charge in [0.2, 0.25) is 0 Å². The van der Waals surface area contributed by atoms with Crippen LogP contribution >= 0.6 is 0 Å². The molecule has 4 heteroatoms. The summed E-state index contributed by atoms with van der Waals surface area (Å²) in [5.74, 6) is -0.148. The molecule has 0 spiro atoms. The fourth-order valence-corrected chi connectivity index (χ4v) is 2.42. The Bertz CT molecular complexity index is 425. The second-order valence-electron chi connectivity index (χ2n) is 5.73. The SMILES string of the molecule is CC(C)(CC(=O)OCc1ccccc1)N1CCOCC1. The number of nitrogens with zero attached hydrogens (tertiary/aromatic N) is 1. The van der Waals surface area contributed by atoms with Crippen molar-refractivity contribution in [1.82, 2.24) is 4.90 Å². The zero-order chi connectivity index (χ0) is 14.4. The molecule has 1 aromatic rings. The number of morpholine rings is 1. The van der Waals surface area contributed by atoms with E-state index in [2.05, 4.69) is 18.7 Å². The van der Waals surface area contributed by atoms with Crippen LogP contribution in [0.5, 0.6) is 0 Å². The number of carbonyl (C=O) groups excluding carboxylic acids is 1. The van der Waals surface area contributed by atoms with E-state index in [0.29, 0.717) is 13.0 Å². The van der Waals surface area contributed by atoms with Crippen LogP contribution < -0.4 is 0 Å². The molecule has 1 aliphatic heterocycles. The van der Waals surface area contributed by atoms with Gasteiger partial charge in [0, 0.05) is 18.6 Å². The Balaban J connectivity index is 1.80. The summed E-state index contributed by atoms with van der Waals surface area (Å²) in [6.07, 6.45) is 0.403. The highest BCUT2D eigenvalue weighted by atomic mass is 16.5. The quantitative estimate of drug-likeness (QED) is 0.774. The Morgan fingerprint density at radius 3 is 2.55 bits per heavy atom. The molecule has 1 saturated heterocycles. The molecule has 0 bridgehead atoms. The molecule has 2 rings (SSSR count). The van der Waals surface area contributed by atoms with Crippen molar-refractivity contribution in [2.45, 2.75) is 32.4 Å². The molecule has 1 aromatic carbocycles. The van der Waals surface area contributed by atoms with E-state index in [4.69, 9.17) is 9.47 Å². The van der Waals surface area contributed by atoms with Gasteiger partial charge in [-0.1, -0.05) is 30.3 Å². The van der Waals surface area contributed by atoms with Gasteiger partial charge in [-0.05, 0) is 19.4 Å². The van der Waals surface area contributed by atoms with Crippen molar-refractivity contribution in [3.8, 4) is 0 Å². The van der Waals surface area contributed by atoms with Gasteiger partial charge in [0.25, 0.3) is 0 Å². The molecule has 0 aromatic heterocycles. The Morgan fingerprint density at radius 2 is 1.90 bits per heavy atom. The second-order valence-corrected chi connectivity index (χ2v) is 5.73. The number of rotatable bonds is 5. The minimum absolute atomic E-state index is 0.148. The van der Waals surface area contributed by atoms with Crippen LogP contribution in [0.3, 0.4) is 0 Å². The van der Waals surface area contributed by atoms with Crippen LogP contribution in [0, 0.1) is 0 Å². The van der Waals surface area contributed by atoms with E-state index in [-0.39, 0.29) is 11.5 Å². The maximum Gasteiger partial charge on any atom is 0.307 e. The molecule has 4 nitrogen and oxygen atoms in total. The predicted octanol–water partition coefficient (Wildman–Crippen LogP) is 2.23. The van der Waals surface area contributed by atoms with Crippen molar-refractivity contribution in [2.24, 2.45) is 0 Å². The fourth-order valence-electron chi connectivity index (χ4n) is 2.42. The zero-order valence-corrected chi connectivity index (χ0v) is 12.3. The van der Waals surface area contributed by atoms with Crippen molar-refractivity contribution in [1.29, 1.82) is 0 Å². The number of benzene rings is 1. The third-order valence-electron chi connectivity index (χ3n) is 3.69. The highest BCUT2D eigenvalue weighted by molar-refractivity contribution is 5.70. The largest absolute Gasteiger partial charge is 0.461 e. The lowest BCUT2D eigenvalue weighted by Gasteiger charge is -2.40. The smallest absolute Gasteiger partial charge is 0.307 e. The van der Waals surface area contributed by atoms with Gasteiger partial charge in [0.1, 0.15) is 6.61 Å². The summed E-state index contributed by atoms with van der Waals surface area (Å²) in [5, 5.41) is 0. The van der Waals surface area contributed by atoms with Gasteiger partial charge in [0.05, 0.1) is 19.6 Å². The third-order valence-corrected chi connectivity index (χ3v) is 3.69. The summed E-state index contributed by atoms with van der Waals surface area (Å²) in [6, 6.07) is 9.76. The average Bonchev–Trinajstić information content (AvgIpc) is 2.47. The molecule has 0 amide bonds. The van der Waals surface area contributed by atoms with Crippen LogP contribution in [-0.4, -0.2) is 42.7 Å². The van der Waals surface area contributed by atoms with E-state index in [1.807, 2.05) is 30.3 Å². The zero-order valence-electron chi connectivity index (χ0n) is 12.3. The van der Waals surface area contributed by atoms with Crippen LogP contribution in [-0.2, 0) is 20.9 Å². The second kappa shape index (κ2) is 6.86. The van der Waals surface area contributed by atoms with Crippen LogP contribution in [0.1, 0.15) is 25.8 Å². The number of esters is 1. The molecule has 110 valence electrons. The van der Waals surface area contributed by atoms with Crippen molar-refractivity contribution < 1.29 is 14.3 Å². The van der Waals surface area contributed by atoms with E-state index in [9.17, 15) is 4.79 Å². The molecule has 0 unspecified atom stereocenters. The molecule has 1 aliphatic rings. The summed E-state index contributed by atoms with van der Waals surface area (Å²) in [5.41, 5.74) is 0.836. The van der Waals surface area contributed by atoms with Crippen LogP contribution in [0.4, 0.5) is 0 Å². The van der Waals surface area contributed by atoms with E-state index in [1.165, 1.54) is 0 Å². The Hall–Kier alpha value is -1.39. The van der Waals surface area contributed by atoms with Gasteiger partial charge >= 0.3 is 5.97 Å². The molecule has 0 atom stereocenters. The monoisotopic (exact) mass is 277 g/mol. The molecule has 0 N–H and O–H groups in total. The lowest BCUT2D eigenvalue weighted by Crippen LogP contribution is -2.50. The summed E-state index contributed by atoms with van der Waals surface area (Å²) < 4.78 is 10.7. The van der Waals surface area contributed by atoms with Gasteiger partial charge in [-0.2, -0.15) is 0 Å². The maximum absolute atomic E-state index is 12.0. The lowest BCUT2D eigenvalue weighted by atomic mass is 9.97. The van der Waals surface area contributed by atoms with Crippen molar-refractivity contribution in [3.05, 3.63) is 35.9 Å². The third kappa shape index (κ3) is 4.32. The first-order chi connectivity index (χ1) is 9.58. The lowest BCUT2D eigenvalue weighted by molar-refractivity contribution is -0.148. The van der Waals surface area contributed by atoms with Gasteiger partial charge in [-0.15, -0.1) is 0 Å². The number of hydrogen-bond donors (Lipinski definition) is 0. The topological polar surface area (TPSA) is 38.8 Å². The minimum Gasteiger partial charge on any atom is -0.461 e. The highest BCUT2D eigenvalue weighted by Gasteiger charge is 2.31. The molecule has 0 saturated carbocycles. The van der Waals surface area contributed by atoms with Gasteiger partial charge in [0.15, 0.2) is 0 Å².